The molecule has 1 heterocycles. The predicted octanol–water partition coefficient (Wildman–Crippen LogP) is -1.92. The van der Waals surface area contributed by atoms with Gasteiger partial charge in [0.2, 0.25) is 11.8 Å². The van der Waals surface area contributed by atoms with Crippen molar-refractivity contribution in [1.82, 2.24) is 10.6 Å². The highest BCUT2D eigenvalue weighted by Gasteiger charge is 2.30. The molecule has 1 fully saturated rings. The Kier molecular flexibility index (Phi) is 2.39. The number of carboxylic acid groups (broad SMARTS) is 1. The quantitative estimate of drug-likeness (QED) is 0.431. The number of rotatable bonds is 3. The highest BCUT2D eigenvalue weighted by Crippen LogP contribution is 1.99. The fourth-order valence-electron chi connectivity index (χ4n) is 0.929. The minimum Gasteiger partial charge on any atom is -0.480 e. The van der Waals surface area contributed by atoms with Gasteiger partial charge in [0.25, 0.3) is 0 Å². The van der Waals surface area contributed by atoms with Crippen LogP contribution in [0.3, 0.4) is 0 Å². The Balaban J connectivity index is 2.38. The molecule has 0 radical (unpaired) electrons. The monoisotopic (exact) mass is 172 g/mol. The van der Waals surface area contributed by atoms with Gasteiger partial charge < -0.3 is 5.11 Å². The molecular weight excluding hydrogens is 164 g/mol. The Morgan fingerprint density at radius 2 is 2.33 bits per heavy atom. The Labute approximate surface area is 67.9 Å². The zero-order valence-corrected chi connectivity index (χ0v) is 6.16. The van der Waals surface area contributed by atoms with E-state index in [1.54, 1.807) is 0 Å². The highest BCUT2D eigenvalue weighted by molar-refractivity contribution is 6.05. The maximum atomic E-state index is 10.8. The summed E-state index contributed by atoms with van der Waals surface area (Å²) in [5.41, 5.74) is 0. The van der Waals surface area contributed by atoms with Gasteiger partial charge in [0.1, 0.15) is 0 Å². The molecular formula is C6H8N2O4. The summed E-state index contributed by atoms with van der Waals surface area (Å²) in [6, 6.07) is -0.686. The van der Waals surface area contributed by atoms with Crippen LogP contribution in [-0.2, 0) is 14.4 Å². The first kappa shape index (κ1) is 8.66. The third kappa shape index (κ3) is 2.03. The molecule has 1 aliphatic rings. The first-order valence-electron chi connectivity index (χ1n) is 3.38. The van der Waals surface area contributed by atoms with Gasteiger partial charge in [-0.3, -0.25) is 25.0 Å². The molecule has 0 aromatic rings. The number of amides is 2. The molecule has 0 spiro atoms. The second kappa shape index (κ2) is 3.31. The van der Waals surface area contributed by atoms with E-state index < -0.39 is 17.9 Å². The number of carbonyl (C=O) groups is 3. The fourth-order valence-corrected chi connectivity index (χ4v) is 0.929. The third-order valence-electron chi connectivity index (χ3n) is 1.47. The molecule has 12 heavy (non-hydrogen) atoms. The standard InChI is InChI=1S/C6H8N2O4/c9-4-1-3(6(12)8-4)7-2-5(10)11/h3,7H,1-2H2,(H,10,11)(H,8,9,12). The Hall–Kier alpha value is -1.43. The number of carboxylic acids is 1. The topological polar surface area (TPSA) is 95.5 Å². The predicted molar refractivity (Wildman–Crippen MR) is 37.2 cm³/mol. The van der Waals surface area contributed by atoms with E-state index in [4.69, 9.17) is 5.11 Å². The van der Waals surface area contributed by atoms with Crippen LogP contribution in [0.2, 0.25) is 0 Å². The van der Waals surface area contributed by atoms with Crippen molar-refractivity contribution in [3.05, 3.63) is 0 Å². The highest BCUT2D eigenvalue weighted by atomic mass is 16.4. The molecule has 0 bridgehead atoms. The number of imide groups is 1. The van der Waals surface area contributed by atoms with Crippen molar-refractivity contribution in [2.75, 3.05) is 6.54 Å². The van der Waals surface area contributed by atoms with E-state index in [0.717, 1.165) is 0 Å². The second-order valence-corrected chi connectivity index (χ2v) is 2.44. The first-order chi connectivity index (χ1) is 5.59. The van der Waals surface area contributed by atoms with Crippen molar-refractivity contribution in [3.8, 4) is 0 Å². The molecule has 1 saturated heterocycles. The number of carbonyl (C=O) groups excluding carboxylic acids is 2. The van der Waals surface area contributed by atoms with Gasteiger partial charge in [-0.2, -0.15) is 0 Å². The molecule has 3 N–H and O–H groups in total. The van der Waals surface area contributed by atoms with E-state index >= 15 is 0 Å². The summed E-state index contributed by atoms with van der Waals surface area (Å²) in [6.45, 7) is -0.314. The van der Waals surface area contributed by atoms with Crippen molar-refractivity contribution < 1.29 is 19.5 Å². The average Bonchev–Trinajstić information content (AvgIpc) is 2.26. The molecule has 0 aliphatic carbocycles. The minimum absolute atomic E-state index is 0.0200. The van der Waals surface area contributed by atoms with Gasteiger partial charge in [0.05, 0.1) is 19.0 Å². The summed E-state index contributed by atoms with van der Waals surface area (Å²) in [6.07, 6.45) is 0.0200. The summed E-state index contributed by atoms with van der Waals surface area (Å²) in [7, 11) is 0. The normalized spacial score (nSPS) is 22.5. The summed E-state index contributed by atoms with van der Waals surface area (Å²) >= 11 is 0. The van der Waals surface area contributed by atoms with Crippen molar-refractivity contribution in [3.63, 3.8) is 0 Å². The number of hydrogen-bond donors (Lipinski definition) is 3. The largest absolute Gasteiger partial charge is 0.480 e. The van der Waals surface area contributed by atoms with E-state index in [1.807, 2.05) is 0 Å². The Bertz CT molecular complexity index is 238. The smallest absolute Gasteiger partial charge is 0.317 e. The number of aliphatic carboxylic acids is 1. The molecule has 66 valence electrons. The van der Waals surface area contributed by atoms with Gasteiger partial charge in [0, 0.05) is 0 Å². The van der Waals surface area contributed by atoms with Crippen molar-refractivity contribution >= 4 is 17.8 Å². The summed E-state index contributed by atoms with van der Waals surface area (Å²) < 4.78 is 0. The van der Waals surface area contributed by atoms with Crippen LogP contribution in [0.1, 0.15) is 6.42 Å². The molecule has 1 rings (SSSR count). The lowest BCUT2D eigenvalue weighted by molar-refractivity contribution is -0.136. The van der Waals surface area contributed by atoms with Crippen molar-refractivity contribution in [2.24, 2.45) is 0 Å². The van der Waals surface area contributed by atoms with E-state index in [1.165, 1.54) is 0 Å². The summed E-state index contributed by atoms with van der Waals surface area (Å²) in [4.78, 5) is 31.5. The lowest BCUT2D eigenvalue weighted by Gasteiger charge is -2.04. The lowest BCUT2D eigenvalue weighted by Crippen LogP contribution is -2.39. The van der Waals surface area contributed by atoms with Gasteiger partial charge in [-0.1, -0.05) is 0 Å². The molecule has 1 unspecified atom stereocenters. The molecule has 2 amide bonds. The van der Waals surface area contributed by atoms with Crippen LogP contribution in [0.4, 0.5) is 0 Å². The molecule has 0 saturated carbocycles. The van der Waals surface area contributed by atoms with Gasteiger partial charge in [-0.25, -0.2) is 0 Å². The molecule has 6 nitrogen and oxygen atoms in total. The van der Waals surface area contributed by atoms with Crippen LogP contribution in [-0.4, -0.2) is 35.5 Å². The average molecular weight is 172 g/mol. The van der Waals surface area contributed by atoms with E-state index in [0.29, 0.717) is 0 Å². The van der Waals surface area contributed by atoms with Crippen LogP contribution < -0.4 is 10.6 Å². The molecule has 0 aromatic heterocycles. The van der Waals surface area contributed by atoms with Crippen LogP contribution in [0.25, 0.3) is 0 Å². The van der Waals surface area contributed by atoms with E-state index in [9.17, 15) is 14.4 Å². The lowest BCUT2D eigenvalue weighted by atomic mass is 10.2. The minimum atomic E-state index is -1.05. The number of nitrogens with one attached hydrogen (secondary N) is 2. The summed E-state index contributed by atoms with van der Waals surface area (Å²) in [5.74, 6) is -1.88. The van der Waals surface area contributed by atoms with Crippen molar-refractivity contribution in [2.45, 2.75) is 12.5 Å². The first-order valence-corrected chi connectivity index (χ1v) is 3.38. The maximum Gasteiger partial charge on any atom is 0.317 e. The second-order valence-electron chi connectivity index (χ2n) is 2.44. The third-order valence-corrected chi connectivity index (χ3v) is 1.47. The molecule has 1 aliphatic heterocycles. The van der Waals surface area contributed by atoms with Gasteiger partial charge in [0.15, 0.2) is 0 Å². The van der Waals surface area contributed by atoms with Crippen LogP contribution in [0, 0.1) is 0 Å². The SMILES string of the molecule is O=C(O)CNC1CC(=O)NC1=O. The Morgan fingerprint density at radius 1 is 1.67 bits per heavy atom. The van der Waals surface area contributed by atoms with Gasteiger partial charge in [-0.05, 0) is 0 Å². The summed E-state index contributed by atoms with van der Waals surface area (Å²) in [5, 5.41) is 12.7. The Morgan fingerprint density at radius 3 is 2.75 bits per heavy atom. The molecule has 0 aromatic carbocycles. The number of hydrogen-bond acceptors (Lipinski definition) is 4. The van der Waals surface area contributed by atoms with Crippen LogP contribution in [0.15, 0.2) is 0 Å². The van der Waals surface area contributed by atoms with E-state index in [2.05, 4.69) is 10.6 Å². The zero-order valence-electron chi connectivity index (χ0n) is 6.16. The van der Waals surface area contributed by atoms with Crippen LogP contribution >= 0.6 is 0 Å². The van der Waals surface area contributed by atoms with Crippen molar-refractivity contribution in [1.29, 1.82) is 0 Å². The van der Waals surface area contributed by atoms with Crippen LogP contribution in [0.5, 0.6) is 0 Å². The molecule has 1 atom stereocenters. The van der Waals surface area contributed by atoms with Gasteiger partial charge >= 0.3 is 5.97 Å². The van der Waals surface area contributed by atoms with E-state index in [-0.39, 0.29) is 18.9 Å². The maximum absolute atomic E-state index is 10.8. The van der Waals surface area contributed by atoms with Gasteiger partial charge in [-0.15, -0.1) is 0 Å². The molecule has 6 heteroatoms. The fraction of sp³-hybridized carbons (Fsp3) is 0.500. The zero-order chi connectivity index (χ0) is 9.14.